The third kappa shape index (κ3) is 4.81. The molecule has 1 unspecified atom stereocenters. The van der Waals surface area contributed by atoms with Crippen molar-refractivity contribution in [1.29, 1.82) is 0 Å². The van der Waals surface area contributed by atoms with Crippen LogP contribution in [0.2, 0.25) is 5.02 Å². The van der Waals surface area contributed by atoms with Gasteiger partial charge in [0.25, 0.3) is 0 Å². The topological polar surface area (TPSA) is 70.7 Å². The summed E-state index contributed by atoms with van der Waals surface area (Å²) in [7, 11) is 0. The molecule has 1 amide bonds. The van der Waals surface area contributed by atoms with E-state index in [4.69, 9.17) is 11.6 Å². The number of halogens is 1. The van der Waals surface area contributed by atoms with Crippen LogP contribution in [0.1, 0.15) is 35.8 Å². The van der Waals surface area contributed by atoms with Crippen LogP contribution in [0, 0.1) is 0 Å². The molecule has 4 aromatic rings. The van der Waals surface area contributed by atoms with Crippen molar-refractivity contribution in [2.24, 2.45) is 0 Å². The van der Waals surface area contributed by atoms with E-state index in [9.17, 15) is 4.79 Å². The molecule has 0 saturated heterocycles. The molecule has 0 fully saturated rings. The van der Waals surface area contributed by atoms with Crippen molar-refractivity contribution in [3.05, 3.63) is 95.0 Å². The second-order valence-corrected chi connectivity index (χ2v) is 7.33. The monoisotopic (exact) mass is 404 g/mol. The zero-order valence-electron chi connectivity index (χ0n) is 15.8. The fourth-order valence-electron chi connectivity index (χ4n) is 3.36. The molecule has 0 aliphatic carbocycles. The molecule has 2 aromatic carbocycles. The van der Waals surface area contributed by atoms with E-state index in [1.165, 1.54) is 0 Å². The van der Waals surface area contributed by atoms with Gasteiger partial charge in [-0.1, -0.05) is 41.9 Å². The second kappa shape index (κ2) is 8.88. The lowest BCUT2D eigenvalue weighted by Crippen LogP contribution is -2.29. The number of carbonyl (C=O) groups excluding carboxylic acids is 1. The van der Waals surface area contributed by atoms with E-state index in [2.05, 4.69) is 20.3 Å². The van der Waals surface area contributed by atoms with Gasteiger partial charge >= 0.3 is 0 Å². The molecule has 2 N–H and O–H groups in total. The van der Waals surface area contributed by atoms with Gasteiger partial charge in [-0.25, -0.2) is 4.98 Å². The van der Waals surface area contributed by atoms with E-state index < -0.39 is 0 Å². The van der Waals surface area contributed by atoms with Crippen molar-refractivity contribution in [1.82, 2.24) is 20.3 Å². The first kappa shape index (κ1) is 19.2. The number of aryl methyl sites for hydroxylation is 1. The Hall–Kier alpha value is -3.18. The van der Waals surface area contributed by atoms with Crippen LogP contribution in [-0.4, -0.2) is 20.9 Å². The number of nitrogens with one attached hydrogen (secondary N) is 2. The number of amides is 1. The van der Waals surface area contributed by atoms with Crippen LogP contribution in [0.4, 0.5) is 0 Å². The number of hydrogen-bond acceptors (Lipinski definition) is 3. The average molecular weight is 405 g/mol. The van der Waals surface area contributed by atoms with Crippen molar-refractivity contribution < 1.29 is 4.79 Å². The van der Waals surface area contributed by atoms with Crippen LogP contribution in [0.5, 0.6) is 0 Å². The number of rotatable bonds is 7. The normalized spacial score (nSPS) is 12.0. The first-order valence-corrected chi connectivity index (χ1v) is 9.95. The molecule has 2 aromatic heterocycles. The van der Waals surface area contributed by atoms with Crippen molar-refractivity contribution in [3.63, 3.8) is 0 Å². The largest absolute Gasteiger partial charge is 0.345 e. The molecule has 0 radical (unpaired) electrons. The van der Waals surface area contributed by atoms with Crippen LogP contribution >= 0.6 is 11.6 Å². The van der Waals surface area contributed by atoms with E-state index in [1.807, 2.05) is 60.7 Å². The highest BCUT2D eigenvalue weighted by molar-refractivity contribution is 6.31. The van der Waals surface area contributed by atoms with Crippen LogP contribution in [0.15, 0.2) is 73.1 Å². The fourth-order valence-corrected chi connectivity index (χ4v) is 3.54. The lowest BCUT2D eigenvalue weighted by molar-refractivity contribution is -0.121. The highest BCUT2D eigenvalue weighted by atomic mass is 35.5. The minimum Gasteiger partial charge on any atom is -0.345 e. The van der Waals surface area contributed by atoms with Gasteiger partial charge in [-0.05, 0) is 47.9 Å². The summed E-state index contributed by atoms with van der Waals surface area (Å²) in [6, 6.07) is 19.2. The van der Waals surface area contributed by atoms with Crippen molar-refractivity contribution >= 4 is 28.5 Å². The number of aromatic nitrogens is 3. The molecule has 0 spiro atoms. The van der Waals surface area contributed by atoms with Crippen molar-refractivity contribution in [2.45, 2.75) is 25.3 Å². The van der Waals surface area contributed by atoms with Gasteiger partial charge in [0.05, 0.1) is 17.1 Å². The number of fused-ring (bicyclic) bond motifs is 1. The molecule has 29 heavy (non-hydrogen) atoms. The Bertz CT molecular complexity index is 1060. The van der Waals surface area contributed by atoms with Gasteiger partial charge in [-0.15, -0.1) is 0 Å². The van der Waals surface area contributed by atoms with Gasteiger partial charge in [0.15, 0.2) is 0 Å². The highest BCUT2D eigenvalue weighted by Gasteiger charge is 2.16. The SMILES string of the molecule is O=C(CCCc1nc2ccc(Cl)cc2[nH]1)NC(c1ccccc1)c1ccncc1. The highest BCUT2D eigenvalue weighted by Crippen LogP contribution is 2.22. The van der Waals surface area contributed by atoms with Gasteiger partial charge in [0.2, 0.25) is 5.91 Å². The molecule has 5 nitrogen and oxygen atoms in total. The summed E-state index contributed by atoms with van der Waals surface area (Å²) in [4.78, 5) is 24.5. The van der Waals surface area contributed by atoms with E-state index >= 15 is 0 Å². The van der Waals surface area contributed by atoms with E-state index in [0.29, 0.717) is 24.3 Å². The molecule has 2 heterocycles. The van der Waals surface area contributed by atoms with Crippen LogP contribution in [-0.2, 0) is 11.2 Å². The molecule has 0 bridgehead atoms. The Morgan fingerprint density at radius 2 is 1.79 bits per heavy atom. The predicted octanol–water partition coefficient (Wildman–Crippen LogP) is 4.84. The Morgan fingerprint density at radius 3 is 2.59 bits per heavy atom. The summed E-state index contributed by atoms with van der Waals surface area (Å²) < 4.78 is 0. The van der Waals surface area contributed by atoms with Gasteiger partial charge in [0, 0.05) is 30.3 Å². The van der Waals surface area contributed by atoms with E-state index in [0.717, 1.165) is 28.0 Å². The van der Waals surface area contributed by atoms with Gasteiger partial charge in [-0.2, -0.15) is 0 Å². The summed E-state index contributed by atoms with van der Waals surface area (Å²) in [6.07, 6.45) is 5.31. The number of benzene rings is 2. The quantitative estimate of drug-likeness (QED) is 0.463. The lowest BCUT2D eigenvalue weighted by atomic mass is 9.99. The number of pyridine rings is 1. The zero-order chi connectivity index (χ0) is 20.1. The summed E-state index contributed by atoms with van der Waals surface area (Å²) >= 11 is 6.02. The standard InChI is InChI=1S/C23H21ClN4O/c24-18-9-10-19-20(15-18)27-21(26-19)7-4-8-22(29)28-23(16-5-2-1-3-6-16)17-11-13-25-14-12-17/h1-3,5-6,9-15,23H,4,7-8H2,(H,26,27)(H,28,29). The van der Waals surface area contributed by atoms with Gasteiger partial charge in [0.1, 0.15) is 5.82 Å². The second-order valence-electron chi connectivity index (χ2n) is 6.89. The number of nitrogens with zero attached hydrogens (tertiary/aromatic N) is 2. The summed E-state index contributed by atoms with van der Waals surface area (Å²) in [5.74, 6) is 0.874. The Kier molecular flexibility index (Phi) is 5.86. The maximum atomic E-state index is 12.6. The summed E-state index contributed by atoms with van der Waals surface area (Å²) in [6.45, 7) is 0. The smallest absolute Gasteiger partial charge is 0.220 e. The Balaban J connectivity index is 1.39. The molecule has 0 aliphatic heterocycles. The molecule has 1 atom stereocenters. The lowest BCUT2D eigenvalue weighted by Gasteiger charge is -2.19. The average Bonchev–Trinajstić information content (AvgIpc) is 3.15. The number of H-pyrrole nitrogens is 1. The molecule has 4 rings (SSSR count). The van der Waals surface area contributed by atoms with Crippen molar-refractivity contribution in [2.75, 3.05) is 0 Å². The Labute approximate surface area is 174 Å². The maximum Gasteiger partial charge on any atom is 0.220 e. The fraction of sp³-hybridized carbons (Fsp3) is 0.174. The van der Waals surface area contributed by atoms with Gasteiger partial charge < -0.3 is 10.3 Å². The van der Waals surface area contributed by atoms with Gasteiger partial charge in [-0.3, -0.25) is 9.78 Å². The van der Waals surface area contributed by atoms with Crippen LogP contribution in [0.3, 0.4) is 0 Å². The maximum absolute atomic E-state index is 12.6. The minimum atomic E-state index is -0.194. The van der Waals surface area contributed by atoms with Crippen LogP contribution in [0.25, 0.3) is 11.0 Å². The summed E-state index contributed by atoms with van der Waals surface area (Å²) in [5.41, 5.74) is 3.85. The molecular formula is C23H21ClN4O. The zero-order valence-corrected chi connectivity index (χ0v) is 16.6. The third-order valence-electron chi connectivity index (χ3n) is 4.79. The van der Waals surface area contributed by atoms with E-state index in [1.54, 1.807) is 12.4 Å². The molecule has 0 aliphatic rings. The van der Waals surface area contributed by atoms with Crippen LogP contribution < -0.4 is 5.32 Å². The first-order valence-electron chi connectivity index (χ1n) is 9.57. The van der Waals surface area contributed by atoms with Crippen molar-refractivity contribution in [3.8, 4) is 0 Å². The molecule has 146 valence electrons. The first-order chi connectivity index (χ1) is 14.2. The Morgan fingerprint density at radius 1 is 1.03 bits per heavy atom. The number of imidazole rings is 1. The predicted molar refractivity (Wildman–Crippen MR) is 115 cm³/mol. The molecule has 0 saturated carbocycles. The number of carbonyl (C=O) groups is 1. The molecular weight excluding hydrogens is 384 g/mol. The summed E-state index contributed by atoms with van der Waals surface area (Å²) in [5, 5.41) is 3.83. The number of aromatic amines is 1. The molecule has 6 heteroatoms. The van der Waals surface area contributed by atoms with E-state index in [-0.39, 0.29) is 11.9 Å². The third-order valence-corrected chi connectivity index (χ3v) is 5.02. The minimum absolute atomic E-state index is 0.00909. The number of hydrogen-bond donors (Lipinski definition) is 2.